The van der Waals surface area contributed by atoms with Crippen molar-refractivity contribution in [1.82, 2.24) is 30.9 Å². The number of nitrogens with zero attached hydrogens (tertiary/aromatic N) is 3. The maximum Gasteiger partial charge on any atom is 0.321 e. The molecular weight excluding hydrogens is 266 g/mol. The number of nitrogens with one attached hydrogen (secondary N) is 3. The van der Waals surface area contributed by atoms with Gasteiger partial charge in [0.15, 0.2) is 0 Å². The summed E-state index contributed by atoms with van der Waals surface area (Å²) in [5.74, 6) is -0.836. The minimum atomic E-state index is -0.709. The molecule has 0 aliphatic heterocycles. The lowest BCUT2D eigenvalue weighted by Gasteiger charge is -2.10. The molecule has 0 fully saturated rings. The SMILES string of the molecule is CNC(=O)NC(=O)C(C)n1cc(CNC(=O)CN)nn1. The molecule has 0 aliphatic carbocycles. The predicted octanol–water partition coefficient (Wildman–Crippen LogP) is -2.13. The minimum Gasteiger partial charge on any atom is -0.349 e. The highest BCUT2D eigenvalue weighted by molar-refractivity contribution is 5.95. The van der Waals surface area contributed by atoms with Crippen LogP contribution in [0.4, 0.5) is 4.79 Å². The quantitative estimate of drug-likeness (QED) is 0.486. The van der Waals surface area contributed by atoms with E-state index in [0.29, 0.717) is 5.69 Å². The molecule has 10 heteroatoms. The van der Waals surface area contributed by atoms with Crippen LogP contribution in [0.2, 0.25) is 0 Å². The highest BCUT2D eigenvalue weighted by Gasteiger charge is 2.18. The minimum absolute atomic E-state index is 0.112. The summed E-state index contributed by atoms with van der Waals surface area (Å²) in [4.78, 5) is 33.7. The van der Waals surface area contributed by atoms with E-state index in [9.17, 15) is 14.4 Å². The van der Waals surface area contributed by atoms with Crippen LogP contribution in [-0.2, 0) is 16.1 Å². The van der Waals surface area contributed by atoms with Gasteiger partial charge in [-0.25, -0.2) is 9.48 Å². The van der Waals surface area contributed by atoms with E-state index < -0.39 is 18.0 Å². The lowest BCUT2D eigenvalue weighted by Crippen LogP contribution is -2.41. The van der Waals surface area contributed by atoms with Crippen LogP contribution in [0.1, 0.15) is 18.7 Å². The monoisotopic (exact) mass is 283 g/mol. The molecule has 0 aromatic carbocycles. The Balaban J connectivity index is 2.59. The number of imide groups is 1. The molecule has 0 radical (unpaired) electrons. The van der Waals surface area contributed by atoms with Gasteiger partial charge in [0.25, 0.3) is 5.91 Å². The molecule has 1 heterocycles. The maximum atomic E-state index is 11.7. The summed E-state index contributed by atoms with van der Waals surface area (Å²) < 4.78 is 1.29. The van der Waals surface area contributed by atoms with E-state index in [0.717, 1.165) is 0 Å². The molecule has 110 valence electrons. The second kappa shape index (κ2) is 7.19. The Morgan fingerprint density at radius 2 is 2.15 bits per heavy atom. The zero-order valence-corrected chi connectivity index (χ0v) is 11.2. The van der Waals surface area contributed by atoms with Gasteiger partial charge in [0.2, 0.25) is 5.91 Å². The Morgan fingerprint density at radius 3 is 2.75 bits per heavy atom. The Morgan fingerprint density at radius 1 is 1.45 bits per heavy atom. The smallest absolute Gasteiger partial charge is 0.321 e. The molecule has 0 saturated heterocycles. The van der Waals surface area contributed by atoms with Crippen molar-refractivity contribution in [2.75, 3.05) is 13.6 Å². The fraction of sp³-hybridized carbons (Fsp3) is 0.500. The van der Waals surface area contributed by atoms with Crippen molar-refractivity contribution in [3.8, 4) is 0 Å². The predicted molar refractivity (Wildman–Crippen MR) is 68.2 cm³/mol. The number of hydrogen-bond donors (Lipinski definition) is 4. The van der Waals surface area contributed by atoms with E-state index in [1.807, 2.05) is 0 Å². The molecule has 5 N–H and O–H groups in total. The van der Waals surface area contributed by atoms with Gasteiger partial charge in [-0.15, -0.1) is 5.10 Å². The zero-order valence-electron chi connectivity index (χ0n) is 11.2. The van der Waals surface area contributed by atoms with Crippen LogP contribution in [0, 0.1) is 0 Å². The zero-order chi connectivity index (χ0) is 15.1. The molecule has 20 heavy (non-hydrogen) atoms. The molecule has 1 unspecified atom stereocenters. The first-order valence-corrected chi connectivity index (χ1v) is 5.88. The van der Waals surface area contributed by atoms with Gasteiger partial charge in [-0.05, 0) is 6.92 Å². The summed E-state index contributed by atoms with van der Waals surface area (Å²) in [7, 11) is 1.40. The summed E-state index contributed by atoms with van der Waals surface area (Å²) in [5, 5.41) is 14.5. The first-order valence-electron chi connectivity index (χ1n) is 5.88. The number of nitrogens with two attached hydrogens (primary N) is 1. The molecule has 10 nitrogen and oxygen atoms in total. The highest BCUT2D eigenvalue weighted by atomic mass is 16.2. The number of aromatic nitrogens is 3. The van der Waals surface area contributed by atoms with Crippen molar-refractivity contribution in [2.24, 2.45) is 5.73 Å². The van der Waals surface area contributed by atoms with Crippen LogP contribution in [0.25, 0.3) is 0 Å². The van der Waals surface area contributed by atoms with E-state index in [4.69, 9.17) is 5.73 Å². The number of amides is 4. The van der Waals surface area contributed by atoms with Crippen molar-refractivity contribution in [1.29, 1.82) is 0 Å². The molecule has 1 aromatic rings. The van der Waals surface area contributed by atoms with Crippen LogP contribution in [0.3, 0.4) is 0 Å². The lowest BCUT2D eigenvalue weighted by molar-refractivity contribution is -0.123. The topological polar surface area (TPSA) is 144 Å². The summed E-state index contributed by atoms with van der Waals surface area (Å²) in [6.45, 7) is 1.62. The maximum absolute atomic E-state index is 11.7. The molecule has 1 rings (SSSR count). The third-order valence-electron chi connectivity index (χ3n) is 2.45. The van der Waals surface area contributed by atoms with Crippen LogP contribution >= 0.6 is 0 Å². The van der Waals surface area contributed by atoms with Crippen molar-refractivity contribution >= 4 is 17.8 Å². The van der Waals surface area contributed by atoms with Crippen molar-refractivity contribution in [3.05, 3.63) is 11.9 Å². The van der Waals surface area contributed by atoms with Gasteiger partial charge in [0, 0.05) is 7.05 Å². The number of carbonyl (C=O) groups is 3. The van der Waals surface area contributed by atoms with Crippen molar-refractivity contribution in [2.45, 2.75) is 19.5 Å². The molecule has 0 saturated carbocycles. The van der Waals surface area contributed by atoms with E-state index in [2.05, 4.69) is 26.3 Å². The van der Waals surface area contributed by atoms with Crippen molar-refractivity contribution < 1.29 is 14.4 Å². The number of carbonyl (C=O) groups excluding carboxylic acids is 3. The van der Waals surface area contributed by atoms with Gasteiger partial charge in [0.05, 0.1) is 19.3 Å². The average Bonchev–Trinajstić information content (AvgIpc) is 2.92. The van der Waals surface area contributed by atoms with Crippen molar-refractivity contribution in [3.63, 3.8) is 0 Å². The molecular formula is C10H17N7O3. The second-order valence-electron chi connectivity index (χ2n) is 3.92. The first-order chi connectivity index (χ1) is 9.47. The van der Waals surface area contributed by atoms with Gasteiger partial charge < -0.3 is 16.4 Å². The Kier molecular flexibility index (Phi) is 5.59. The molecule has 0 aliphatic rings. The molecule has 4 amide bonds. The Hall–Kier alpha value is -2.49. The average molecular weight is 283 g/mol. The molecule has 0 spiro atoms. The fourth-order valence-corrected chi connectivity index (χ4v) is 1.24. The Bertz CT molecular complexity index is 499. The van der Waals surface area contributed by atoms with Gasteiger partial charge in [-0.3, -0.25) is 14.9 Å². The first kappa shape index (κ1) is 15.6. The summed E-state index contributed by atoms with van der Waals surface area (Å²) in [6.07, 6.45) is 1.50. The number of rotatable bonds is 5. The second-order valence-corrected chi connectivity index (χ2v) is 3.92. The van der Waals surface area contributed by atoms with Crippen LogP contribution in [-0.4, -0.2) is 46.4 Å². The standard InChI is InChI=1S/C10H17N7O3/c1-6(9(19)14-10(20)12-2)17-5-7(15-16-17)4-13-8(18)3-11/h5-6H,3-4,11H2,1-2H3,(H,13,18)(H2,12,14,19,20). The van der Waals surface area contributed by atoms with Crippen LogP contribution in [0.5, 0.6) is 0 Å². The summed E-state index contributed by atoms with van der Waals surface area (Å²) in [6, 6.07) is -1.31. The molecule has 0 bridgehead atoms. The summed E-state index contributed by atoms with van der Waals surface area (Å²) >= 11 is 0. The number of urea groups is 1. The largest absolute Gasteiger partial charge is 0.349 e. The lowest BCUT2D eigenvalue weighted by atomic mass is 10.3. The van der Waals surface area contributed by atoms with Crippen LogP contribution < -0.4 is 21.7 Å². The highest BCUT2D eigenvalue weighted by Crippen LogP contribution is 2.04. The van der Waals surface area contributed by atoms with E-state index >= 15 is 0 Å². The van der Waals surface area contributed by atoms with E-state index in [-0.39, 0.29) is 19.0 Å². The molecule has 1 aromatic heterocycles. The summed E-state index contributed by atoms with van der Waals surface area (Å²) in [5.41, 5.74) is 5.62. The fourth-order valence-electron chi connectivity index (χ4n) is 1.24. The third kappa shape index (κ3) is 4.31. The van der Waals surface area contributed by atoms with E-state index in [1.165, 1.54) is 17.9 Å². The van der Waals surface area contributed by atoms with Gasteiger partial charge >= 0.3 is 6.03 Å². The van der Waals surface area contributed by atoms with Gasteiger partial charge in [-0.1, -0.05) is 5.21 Å². The Labute approximate surface area is 115 Å². The van der Waals surface area contributed by atoms with Gasteiger partial charge in [-0.2, -0.15) is 0 Å². The molecule has 1 atom stereocenters. The van der Waals surface area contributed by atoms with E-state index in [1.54, 1.807) is 6.92 Å². The van der Waals surface area contributed by atoms with Gasteiger partial charge in [0.1, 0.15) is 11.7 Å². The number of hydrogen-bond acceptors (Lipinski definition) is 6. The third-order valence-corrected chi connectivity index (χ3v) is 2.45. The normalized spacial score (nSPS) is 11.6. The van der Waals surface area contributed by atoms with Crippen LogP contribution in [0.15, 0.2) is 6.20 Å².